The van der Waals surface area contributed by atoms with Crippen LogP contribution in [0.5, 0.6) is 0 Å². The van der Waals surface area contributed by atoms with E-state index in [2.05, 4.69) is 5.38 Å². The SMILES string of the molecule is NC1(Cc2csc(CC3CC3)n2)CCC1. The van der Waals surface area contributed by atoms with Gasteiger partial charge in [0.25, 0.3) is 0 Å². The molecule has 0 aliphatic heterocycles. The molecular weight excluding hydrogens is 204 g/mol. The molecule has 1 aromatic rings. The van der Waals surface area contributed by atoms with Crippen molar-refractivity contribution in [1.29, 1.82) is 0 Å². The molecule has 3 rings (SSSR count). The highest BCUT2D eigenvalue weighted by Gasteiger charge is 2.33. The molecule has 0 aromatic carbocycles. The van der Waals surface area contributed by atoms with Gasteiger partial charge in [0.15, 0.2) is 0 Å². The van der Waals surface area contributed by atoms with Gasteiger partial charge in [-0.25, -0.2) is 4.98 Å². The normalized spacial score (nSPS) is 23.8. The Kier molecular flexibility index (Phi) is 2.33. The third-order valence-electron chi connectivity index (χ3n) is 3.64. The molecular formula is C12H18N2S. The van der Waals surface area contributed by atoms with Crippen molar-refractivity contribution in [3.05, 3.63) is 16.1 Å². The molecule has 2 fully saturated rings. The van der Waals surface area contributed by atoms with Crippen molar-refractivity contribution < 1.29 is 0 Å². The van der Waals surface area contributed by atoms with E-state index in [-0.39, 0.29) is 5.54 Å². The van der Waals surface area contributed by atoms with Gasteiger partial charge in [-0.3, -0.25) is 0 Å². The highest BCUT2D eigenvalue weighted by molar-refractivity contribution is 7.09. The molecule has 82 valence electrons. The summed E-state index contributed by atoms with van der Waals surface area (Å²) in [4.78, 5) is 4.70. The first kappa shape index (κ1) is 9.79. The lowest BCUT2D eigenvalue weighted by atomic mass is 9.75. The Balaban J connectivity index is 1.62. The van der Waals surface area contributed by atoms with Gasteiger partial charge in [0.05, 0.1) is 10.7 Å². The van der Waals surface area contributed by atoms with Crippen molar-refractivity contribution in [2.45, 2.75) is 50.5 Å². The molecule has 0 radical (unpaired) electrons. The van der Waals surface area contributed by atoms with E-state index in [0.717, 1.165) is 12.3 Å². The minimum Gasteiger partial charge on any atom is -0.325 e. The van der Waals surface area contributed by atoms with E-state index in [1.54, 1.807) is 0 Å². The molecule has 2 saturated carbocycles. The first-order valence-corrected chi connectivity index (χ1v) is 6.84. The Bertz CT molecular complexity index is 350. The number of nitrogens with zero attached hydrogens (tertiary/aromatic N) is 1. The smallest absolute Gasteiger partial charge is 0.0931 e. The Morgan fingerprint density at radius 1 is 1.47 bits per heavy atom. The maximum atomic E-state index is 6.22. The van der Waals surface area contributed by atoms with Crippen LogP contribution in [0.15, 0.2) is 5.38 Å². The van der Waals surface area contributed by atoms with Crippen LogP contribution in [0.4, 0.5) is 0 Å². The lowest BCUT2D eigenvalue weighted by Crippen LogP contribution is -2.48. The molecule has 15 heavy (non-hydrogen) atoms. The van der Waals surface area contributed by atoms with Gasteiger partial charge in [-0.15, -0.1) is 11.3 Å². The fourth-order valence-electron chi connectivity index (χ4n) is 2.26. The second-order valence-electron chi connectivity index (χ2n) is 5.27. The first-order valence-electron chi connectivity index (χ1n) is 5.96. The second kappa shape index (κ2) is 3.56. The van der Waals surface area contributed by atoms with Gasteiger partial charge in [-0.2, -0.15) is 0 Å². The van der Waals surface area contributed by atoms with Crippen molar-refractivity contribution in [1.82, 2.24) is 4.98 Å². The van der Waals surface area contributed by atoms with E-state index < -0.39 is 0 Å². The Hall–Kier alpha value is -0.410. The zero-order valence-electron chi connectivity index (χ0n) is 9.04. The summed E-state index contributed by atoms with van der Waals surface area (Å²) >= 11 is 1.83. The van der Waals surface area contributed by atoms with Crippen molar-refractivity contribution in [3.8, 4) is 0 Å². The Morgan fingerprint density at radius 3 is 2.87 bits per heavy atom. The highest BCUT2D eigenvalue weighted by atomic mass is 32.1. The fraction of sp³-hybridized carbons (Fsp3) is 0.750. The Labute approximate surface area is 94.9 Å². The molecule has 2 aliphatic carbocycles. The zero-order chi connectivity index (χ0) is 10.3. The van der Waals surface area contributed by atoms with E-state index in [9.17, 15) is 0 Å². The highest BCUT2D eigenvalue weighted by Crippen LogP contribution is 2.35. The van der Waals surface area contributed by atoms with Crippen LogP contribution < -0.4 is 5.73 Å². The van der Waals surface area contributed by atoms with Crippen LogP contribution in [0.2, 0.25) is 0 Å². The van der Waals surface area contributed by atoms with Crippen LogP contribution in [-0.4, -0.2) is 10.5 Å². The van der Waals surface area contributed by atoms with Gasteiger partial charge < -0.3 is 5.73 Å². The van der Waals surface area contributed by atoms with Crippen LogP contribution >= 0.6 is 11.3 Å². The van der Waals surface area contributed by atoms with Crippen LogP contribution in [0.3, 0.4) is 0 Å². The maximum Gasteiger partial charge on any atom is 0.0931 e. The van der Waals surface area contributed by atoms with Crippen LogP contribution in [0.25, 0.3) is 0 Å². The van der Waals surface area contributed by atoms with Crippen molar-refractivity contribution in [2.75, 3.05) is 0 Å². The van der Waals surface area contributed by atoms with Crippen molar-refractivity contribution in [2.24, 2.45) is 11.7 Å². The minimum absolute atomic E-state index is 0.0882. The monoisotopic (exact) mass is 222 g/mol. The lowest BCUT2D eigenvalue weighted by molar-refractivity contribution is 0.246. The topological polar surface area (TPSA) is 38.9 Å². The molecule has 2 N–H and O–H groups in total. The van der Waals surface area contributed by atoms with Gasteiger partial charge in [0.1, 0.15) is 0 Å². The molecule has 0 saturated heterocycles. The van der Waals surface area contributed by atoms with E-state index >= 15 is 0 Å². The summed E-state index contributed by atoms with van der Waals surface area (Å²) in [6, 6.07) is 0. The van der Waals surface area contributed by atoms with Gasteiger partial charge in [0.2, 0.25) is 0 Å². The molecule has 3 heteroatoms. The van der Waals surface area contributed by atoms with Crippen LogP contribution in [-0.2, 0) is 12.8 Å². The second-order valence-corrected chi connectivity index (χ2v) is 6.22. The molecule has 0 amide bonds. The lowest BCUT2D eigenvalue weighted by Gasteiger charge is -2.37. The quantitative estimate of drug-likeness (QED) is 0.850. The maximum absolute atomic E-state index is 6.22. The number of nitrogens with two attached hydrogens (primary N) is 1. The summed E-state index contributed by atoms with van der Waals surface area (Å²) in [5.41, 5.74) is 7.54. The van der Waals surface area contributed by atoms with E-state index in [4.69, 9.17) is 10.7 Å². The van der Waals surface area contributed by atoms with Gasteiger partial charge in [0, 0.05) is 23.8 Å². The molecule has 1 heterocycles. The van der Waals surface area contributed by atoms with Crippen LogP contribution in [0, 0.1) is 5.92 Å². The average Bonchev–Trinajstić information content (AvgIpc) is 2.85. The molecule has 2 nitrogen and oxygen atoms in total. The summed E-state index contributed by atoms with van der Waals surface area (Å²) in [6.45, 7) is 0. The van der Waals surface area contributed by atoms with Crippen molar-refractivity contribution in [3.63, 3.8) is 0 Å². The number of hydrogen-bond acceptors (Lipinski definition) is 3. The Morgan fingerprint density at radius 2 is 2.27 bits per heavy atom. The standard InChI is InChI=1S/C12H18N2S/c13-12(4-1-5-12)7-10-8-15-11(14-10)6-9-2-3-9/h8-9H,1-7,13H2. The van der Waals surface area contributed by atoms with Crippen molar-refractivity contribution >= 4 is 11.3 Å². The average molecular weight is 222 g/mol. The number of rotatable bonds is 4. The number of aromatic nitrogens is 1. The third-order valence-corrected chi connectivity index (χ3v) is 4.56. The molecule has 0 spiro atoms. The number of thiazole rings is 1. The first-order chi connectivity index (χ1) is 7.23. The van der Waals surface area contributed by atoms with Gasteiger partial charge in [-0.1, -0.05) is 0 Å². The minimum atomic E-state index is 0.0882. The van der Waals surface area contributed by atoms with E-state index in [0.29, 0.717) is 0 Å². The molecule has 0 atom stereocenters. The predicted molar refractivity (Wildman–Crippen MR) is 63.0 cm³/mol. The van der Waals surface area contributed by atoms with E-state index in [1.807, 2.05) is 11.3 Å². The van der Waals surface area contributed by atoms with Gasteiger partial charge in [-0.05, 0) is 38.0 Å². The molecule has 0 unspecified atom stereocenters. The third kappa shape index (κ3) is 2.23. The zero-order valence-corrected chi connectivity index (χ0v) is 9.85. The molecule has 2 aliphatic rings. The largest absolute Gasteiger partial charge is 0.325 e. The predicted octanol–water partition coefficient (Wildman–Crippen LogP) is 2.52. The van der Waals surface area contributed by atoms with Crippen LogP contribution in [0.1, 0.15) is 42.8 Å². The molecule has 0 bridgehead atoms. The summed E-state index contributed by atoms with van der Waals surface area (Å²) in [5.74, 6) is 0.944. The fourth-order valence-corrected chi connectivity index (χ4v) is 3.17. The summed E-state index contributed by atoms with van der Waals surface area (Å²) < 4.78 is 0. The summed E-state index contributed by atoms with van der Waals surface area (Å²) in [6.07, 6.45) is 8.70. The van der Waals surface area contributed by atoms with E-state index in [1.165, 1.54) is 49.2 Å². The summed E-state index contributed by atoms with van der Waals surface area (Å²) in [7, 11) is 0. The number of hydrogen-bond donors (Lipinski definition) is 1. The van der Waals surface area contributed by atoms with Gasteiger partial charge >= 0.3 is 0 Å². The summed E-state index contributed by atoms with van der Waals surface area (Å²) in [5, 5.41) is 3.54. The molecule has 1 aromatic heterocycles.